The van der Waals surface area contributed by atoms with E-state index in [0.29, 0.717) is 12.6 Å². The maximum absolute atomic E-state index is 10.1. The first-order valence-corrected chi connectivity index (χ1v) is 8.18. The van der Waals surface area contributed by atoms with E-state index in [1.54, 1.807) is 0 Å². The van der Waals surface area contributed by atoms with Crippen molar-refractivity contribution in [2.75, 3.05) is 59.0 Å². The molecule has 0 amide bonds. The highest BCUT2D eigenvalue weighted by molar-refractivity contribution is 4.75. The number of hydrogen-bond acceptors (Lipinski definition) is 5. The van der Waals surface area contributed by atoms with Crippen LogP contribution < -0.4 is 5.32 Å². The number of nitrogens with one attached hydrogen (secondary N) is 1. The summed E-state index contributed by atoms with van der Waals surface area (Å²) in [4.78, 5) is 4.84. The Morgan fingerprint density at radius 1 is 1.05 bits per heavy atom. The number of nitrogens with zero attached hydrogens (tertiary/aromatic N) is 2. The van der Waals surface area contributed by atoms with Crippen molar-refractivity contribution in [2.45, 2.75) is 38.3 Å². The molecule has 118 valence electrons. The molecule has 20 heavy (non-hydrogen) atoms. The molecular weight excluding hydrogens is 254 g/mol. The monoisotopic (exact) mass is 285 g/mol. The molecule has 0 aliphatic carbocycles. The Bertz CT molecular complexity index is 254. The summed E-state index contributed by atoms with van der Waals surface area (Å²) in [5.74, 6) is 0. The van der Waals surface area contributed by atoms with Gasteiger partial charge in [-0.25, -0.2) is 0 Å². The highest BCUT2D eigenvalue weighted by atomic mass is 16.5. The summed E-state index contributed by atoms with van der Waals surface area (Å²) in [5.41, 5.74) is 0. The Hall–Kier alpha value is -0.200. The fourth-order valence-corrected chi connectivity index (χ4v) is 3.09. The molecule has 0 bridgehead atoms. The van der Waals surface area contributed by atoms with Crippen LogP contribution in [0, 0.1) is 0 Å². The van der Waals surface area contributed by atoms with E-state index in [4.69, 9.17) is 4.74 Å². The quantitative estimate of drug-likeness (QED) is 0.697. The summed E-state index contributed by atoms with van der Waals surface area (Å²) in [5, 5.41) is 13.5. The minimum absolute atomic E-state index is 0.276. The molecule has 5 nitrogen and oxygen atoms in total. The number of ether oxygens (including phenoxy) is 1. The number of hydrogen-bond donors (Lipinski definition) is 2. The maximum atomic E-state index is 10.1. The zero-order chi connectivity index (χ0) is 14.2. The van der Waals surface area contributed by atoms with Gasteiger partial charge in [-0.15, -0.1) is 0 Å². The lowest BCUT2D eigenvalue weighted by Gasteiger charge is -2.33. The van der Waals surface area contributed by atoms with E-state index in [9.17, 15) is 5.11 Å². The Labute approximate surface area is 123 Å². The lowest BCUT2D eigenvalue weighted by molar-refractivity contribution is 0.0146. The minimum atomic E-state index is -0.276. The third-order valence-electron chi connectivity index (χ3n) is 4.41. The average Bonchev–Trinajstić information content (AvgIpc) is 2.49. The van der Waals surface area contributed by atoms with E-state index < -0.39 is 0 Å². The van der Waals surface area contributed by atoms with Crippen LogP contribution in [0.4, 0.5) is 0 Å². The van der Waals surface area contributed by atoms with Gasteiger partial charge in [-0.1, -0.05) is 6.42 Å². The van der Waals surface area contributed by atoms with Gasteiger partial charge in [0.05, 0.1) is 19.3 Å². The first kappa shape index (κ1) is 16.2. The normalized spacial score (nSPS) is 25.5. The standard InChI is InChI=1S/C15H31N3O2/c1-14(18-5-3-2-4-6-18)11-16-12-15(19)13-17-7-9-20-10-8-17/h14-16,19H,2-13H2,1H3. The van der Waals surface area contributed by atoms with Crippen LogP contribution in [0.2, 0.25) is 0 Å². The van der Waals surface area contributed by atoms with Gasteiger partial charge in [0.25, 0.3) is 0 Å². The van der Waals surface area contributed by atoms with E-state index in [-0.39, 0.29) is 6.10 Å². The van der Waals surface area contributed by atoms with Crippen LogP contribution in [-0.4, -0.2) is 86.1 Å². The first-order valence-electron chi connectivity index (χ1n) is 8.18. The van der Waals surface area contributed by atoms with Crippen LogP contribution >= 0.6 is 0 Å². The largest absolute Gasteiger partial charge is 0.390 e. The molecule has 2 aliphatic heterocycles. The van der Waals surface area contributed by atoms with Gasteiger partial charge in [-0.3, -0.25) is 9.80 Å². The molecule has 2 fully saturated rings. The van der Waals surface area contributed by atoms with Gasteiger partial charge in [-0.2, -0.15) is 0 Å². The van der Waals surface area contributed by atoms with E-state index in [1.807, 2.05) is 0 Å². The summed E-state index contributed by atoms with van der Waals surface area (Å²) in [6.45, 7) is 10.7. The van der Waals surface area contributed by atoms with Crippen LogP contribution in [0.25, 0.3) is 0 Å². The predicted octanol–water partition coefficient (Wildman–Crippen LogP) is 0.144. The molecule has 0 aromatic carbocycles. The Kier molecular flexibility index (Phi) is 7.24. The van der Waals surface area contributed by atoms with Gasteiger partial charge in [0.1, 0.15) is 0 Å². The van der Waals surface area contributed by atoms with Crippen LogP contribution in [0.3, 0.4) is 0 Å². The van der Waals surface area contributed by atoms with E-state index in [0.717, 1.165) is 39.4 Å². The summed E-state index contributed by atoms with van der Waals surface area (Å²) in [6, 6.07) is 0.575. The third-order valence-corrected chi connectivity index (χ3v) is 4.41. The second kappa shape index (κ2) is 8.95. The average molecular weight is 285 g/mol. The molecule has 5 heteroatoms. The lowest BCUT2D eigenvalue weighted by Crippen LogP contribution is -2.47. The SMILES string of the molecule is CC(CNCC(O)CN1CCOCC1)N1CCCCC1. The fraction of sp³-hybridized carbons (Fsp3) is 1.00. The predicted molar refractivity (Wildman–Crippen MR) is 81.0 cm³/mol. The number of piperidine rings is 1. The number of β-amino-alcohol motifs (C(OH)–C–C–N with tert-alkyl or cyclic N) is 1. The van der Waals surface area contributed by atoms with Crippen molar-refractivity contribution in [2.24, 2.45) is 0 Å². The number of morpholine rings is 1. The van der Waals surface area contributed by atoms with Crippen molar-refractivity contribution in [3.8, 4) is 0 Å². The van der Waals surface area contributed by atoms with Crippen molar-refractivity contribution in [1.82, 2.24) is 15.1 Å². The third kappa shape index (κ3) is 5.66. The Morgan fingerprint density at radius 2 is 1.75 bits per heavy atom. The summed E-state index contributed by atoms with van der Waals surface area (Å²) in [7, 11) is 0. The van der Waals surface area contributed by atoms with Crippen LogP contribution in [-0.2, 0) is 4.74 Å². The molecular formula is C15H31N3O2. The highest BCUT2D eigenvalue weighted by Gasteiger charge is 2.17. The van der Waals surface area contributed by atoms with Gasteiger partial charge in [0, 0.05) is 38.8 Å². The van der Waals surface area contributed by atoms with E-state index >= 15 is 0 Å². The Balaban J connectivity index is 1.54. The van der Waals surface area contributed by atoms with Crippen molar-refractivity contribution in [3.05, 3.63) is 0 Å². The topological polar surface area (TPSA) is 48.0 Å². The smallest absolute Gasteiger partial charge is 0.0791 e. The summed E-state index contributed by atoms with van der Waals surface area (Å²) >= 11 is 0. The number of aliphatic hydroxyl groups is 1. The summed E-state index contributed by atoms with van der Waals surface area (Å²) < 4.78 is 5.32. The van der Waals surface area contributed by atoms with Gasteiger partial charge in [-0.05, 0) is 32.9 Å². The molecule has 0 radical (unpaired) electrons. The molecule has 0 aromatic heterocycles. The van der Waals surface area contributed by atoms with Gasteiger partial charge in [0.15, 0.2) is 0 Å². The maximum Gasteiger partial charge on any atom is 0.0791 e. The molecule has 0 saturated carbocycles. The highest BCUT2D eigenvalue weighted by Crippen LogP contribution is 2.11. The number of rotatable bonds is 7. The van der Waals surface area contributed by atoms with Crippen molar-refractivity contribution in [3.63, 3.8) is 0 Å². The van der Waals surface area contributed by atoms with Gasteiger partial charge < -0.3 is 15.2 Å². The molecule has 2 saturated heterocycles. The fourth-order valence-electron chi connectivity index (χ4n) is 3.09. The lowest BCUT2D eigenvalue weighted by atomic mass is 10.1. The van der Waals surface area contributed by atoms with E-state index in [1.165, 1.54) is 32.4 Å². The number of aliphatic hydroxyl groups excluding tert-OH is 1. The second-order valence-electron chi connectivity index (χ2n) is 6.17. The zero-order valence-electron chi connectivity index (χ0n) is 12.9. The zero-order valence-corrected chi connectivity index (χ0v) is 12.9. The molecule has 2 rings (SSSR count). The molecule has 2 atom stereocenters. The first-order chi connectivity index (χ1) is 9.75. The van der Waals surface area contributed by atoms with Crippen molar-refractivity contribution in [1.29, 1.82) is 0 Å². The van der Waals surface area contributed by atoms with E-state index in [2.05, 4.69) is 22.0 Å². The molecule has 0 spiro atoms. The molecule has 2 aliphatic rings. The Morgan fingerprint density at radius 3 is 2.45 bits per heavy atom. The van der Waals surface area contributed by atoms with Gasteiger partial charge in [0.2, 0.25) is 0 Å². The second-order valence-corrected chi connectivity index (χ2v) is 6.17. The molecule has 0 aromatic rings. The van der Waals surface area contributed by atoms with Crippen LogP contribution in [0.1, 0.15) is 26.2 Å². The van der Waals surface area contributed by atoms with Crippen molar-refractivity contribution >= 4 is 0 Å². The molecule has 2 heterocycles. The van der Waals surface area contributed by atoms with Gasteiger partial charge >= 0.3 is 0 Å². The molecule has 2 N–H and O–H groups in total. The number of likely N-dealkylation sites (tertiary alicyclic amines) is 1. The van der Waals surface area contributed by atoms with Crippen LogP contribution in [0.15, 0.2) is 0 Å². The molecule has 2 unspecified atom stereocenters. The van der Waals surface area contributed by atoms with Crippen LogP contribution in [0.5, 0.6) is 0 Å². The van der Waals surface area contributed by atoms with Crippen molar-refractivity contribution < 1.29 is 9.84 Å². The minimum Gasteiger partial charge on any atom is -0.390 e. The summed E-state index contributed by atoms with van der Waals surface area (Å²) in [6.07, 6.45) is 3.78.